The van der Waals surface area contributed by atoms with Gasteiger partial charge in [0.05, 0.1) is 22.5 Å². The van der Waals surface area contributed by atoms with E-state index < -0.39 is 0 Å². The number of para-hydroxylation sites is 2. The first-order valence-corrected chi connectivity index (χ1v) is 8.00. The van der Waals surface area contributed by atoms with Crippen LogP contribution >= 0.6 is 11.8 Å². The van der Waals surface area contributed by atoms with E-state index in [-0.39, 0.29) is 11.8 Å². The number of aromatic nitrogens is 2. The summed E-state index contributed by atoms with van der Waals surface area (Å²) in [6, 6.07) is 12.8. The van der Waals surface area contributed by atoms with Gasteiger partial charge >= 0.3 is 0 Å². The molecular formula is C16H12N4O2S. The first-order chi connectivity index (χ1) is 11.2. The molecule has 3 aromatic rings. The van der Waals surface area contributed by atoms with Crippen LogP contribution in [0.3, 0.4) is 0 Å². The minimum absolute atomic E-state index is 0.0580. The third-order valence-corrected chi connectivity index (χ3v) is 4.57. The van der Waals surface area contributed by atoms with Gasteiger partial charge in [-0.1, -0.05) is 12.1 Å². The molecule has 7 heteroatoms. The van der Waals surface area contributed by atoms with Crippen LogP contribution in [0.25, 0.3) is 11.0 Å². The van der Waals surface area contributed by atoms with E-state index in [0.717, 1.165) is 15.9 Å². The number of rotatable bonds is 2. The largest absolute Gasteiger partial charge is 0.324 e. The Kier molecular flexibility index (Phi) is 3.27. The van der Waals surface area contributed by atoms with Crippen molar-refractivity contribution in [3.8, 4) is 0 Å². The van der Waals surface area contributed by atoms with E-state index in [2.05, 4.69) is 20.6 Å². The second-order valence-corrected chi connectivity index (χ2v) is 6.12. The van der Waals surface area contributed by atoms with Crippen LogP contribution in [0.15, 0.2) is 47.4 Å². The van der Waals surface area contributed by atoms with Gasteiger partial charge in [0.2, 0.25) is 11.9 Å². The Bertz CT molecular complexity index is 902. The number of amides is 2. The number of nitrogens with zero attached hydrogens (tertiary/aromatic N) is 1. The van der Waals surface area contributed by atoms with Crippen molar-refractivity contribution < 1.29 is 9.59 Å². The number of hydrogen-bond donors (Lipinski definition) is 3. The van der Waals surface area contributed by atoms with Crippen molar-refractivity contribution in [1.82, 2.24) is 9.97 Å². The summed E-state index contributed by atoms with van der Waals surface area (Å²) in [6.45, 7) is 0. The third kappa shape index (κ3) is 2.66. The van der Waals surface area contributed by atoms with Crippen molar-refractivity contribution in [2.75, 3.05) is 16.4 Å². The molecule has 0 atom stereocenters. The summed E-state index contributed by atoms with van der Waals surface area (Å²) in [5.74, 6) is 0.457. The highest BCUT2D eigenvalue weighted by Crippen LogP contribution is 2.32. The Labute approximate surface area is 135 Å². The Morgan fingerprint density at radius 3 is 2.96 bits per heavy atom. The topological polar surface area (TPSA) is 86.9 Å². The molecule has 114 valence electrons. The third-order valence-electron chi connectivity index (χ3n) is 3.50. The molecule has 3 N–H and O–H groups in total. The molecule has 1 aliphatic heterocycles. The van der Waals surface area contributed by atoms with Crippen molar-refractivity contribution in [1.29, 1.82) is 0 Å². The summed E-state index contributed by atoms with van der Waals surface area (Å²) in [5.41, 5.74) is 2.78. The Hall–Kier alpha value is -2.80. The summed E-state index contributed by atoms with van der Waals surface area (Å²) in [7, 11) is 0. The number of aromatic amines is 1. The van der Waals surface area contributed by atoms with Gasteiger partial charge in [0.15, 0.2) is 0 Å². The number of H-pyrrole nitrogens is 1. The zero-order chi connectivity index (χ0) is 15.8. The lowest BCUT2D eigenvalue weighted by Crippen LogP contribution is -2.20. The molecule has 2 amide bonds. The SMILES string of the molecule is O=C1CSc2ccc(C(=O)Nc3nc4ccccc4[nH]3)cc2N1. The maximum atomic E-state index is 12.4. The zero-order valence-electron chi connectivity index (χ0n) is 11.9. The number of nitrogens with one attached hydrogen (secondary N) is 3. The molecular weight excluding hydrogens is 312 g/mol. The molecule has 2 heterocycles. The number of carbonyl (C=O) groups excluding carboxylic acids is 2. The molecule has 0 unspecified atom stereocenters. The summed E-state index contributed by atoms with van der Waals surface area (Å²) < 4.78 is 0. The number of anilines is 2. The Balaban J connectivity index is 1.59. The molecule has 0 spiro atoms. The van der Waals surface area contributed by atoms with Crippen LogP contribution < -0.4 is 10.6 Å². The molecule has 0 bridgehead atoms. The van der Waals surface area contributed by atoms with Crippen LogP contribution in [-0.4, -0.2) is 27.5 Å². The first-order valence-electron chi connectivity index (χ1n) is 7.02. The fourth-order valence-electron chi connectivity index (χ4n) is 2.42. The summed E-state index contributed by atoms with van der Waals surface area (Å²) in [4.78, 5) is 32.1. The smallest absolute Gasteiger partial charge is 0.258 e. The molecule has 0 saturated carbocycles. The lowest BCUT2D eigenvalue weighted by Gasteiger charge is -2.16. The number of hydrogen-bond acceptors (Lipinski definition) is 4. The molecule has 0 fully saturated rings. The van der Waals surface area contributed by atoms with E-state index in [4.69, 9.17) is 0 Å². The van der Waals surface area contributed by atoms with Gasteiger partial charge in [0.1, 0.15) is 0 Å². The number of thioether (sulfide) groups is 1. The van der Waals surface area contributed by atoms with Gasteiger partial charge in [-0.2, -0.15) is 0 Å². The molecule has 2 aromatic carbocycles. The minimum Gasteiger partial charge on any atom is -0.324 e. The first kappa shape index (κ1) is 13.8. The minimum atomic E-state index is -0.281. The van der Waals surface area contributed by atoms with Crippen molar-refractivity contribution in [3.63, 3.8) is 0 Å². The van der Waals surface area contributed by atoms with E-state index in [1.54, 1.807) is 12.1 Å². The highest BCUT2D eigenvalue weighted by Gasteiger charge is 2.17. The number of benzene rings is 2. The molecule has 4 rings (SSSR count). The standard InChI is InChI=1S/C16H12N4O2S/c21-14-8-23-13-6-5-9(7-12(13)17-14)15(22)20-16-18-10-3-1-2-4-11(10)19-16/h1-7H,8H2,(H,17,21)(H2,18,19,20,22). The quantitative estimate of drug-likeness (QED) is 0.676. The molecule has 1 aliphatic rings. The summed E-state index contributed by atoms with van der Waals surface area (Å²) >= 11 is 1.46. The summed E-state index contributed by atoms with van der Waals surface area (Å²) in [5, 5.41) is 5.52. The van der Waals surface area contributed by atoms with Crippen LogP contribution in [0.2, 0.25) is 0 Å². The molecule has 0 saturated heterocycles. The monoisotopic (exact) mass is 324 g/mol. The fraction of sp³-hybridized carbons (Fsp3) is 0.0625. The van der Waals surface area contributed by atoms with Crippen LogP contribution in [0, 0.1) is 0 Å². The number of fused-ring (bicyclic) bond motifs is 2. The fourth-order valence-corrected chi connectivity index (χ4v) is 3.20. The second kappa shape index (κ2) is 5.44. The molecule has 1 aromatic heterocycles. The average Bonchev–Trinajstić information content (AvgIpc) is 2.96. The Morgan fingerprint density at radius 1 is 1.22 bits per heavy atom. The lowest BCUT2D eigenvalue weighted by molar-refractivity contribution is -0.113. The lowest BCUT2D eigenvalue weighted by atomic mass is 10.2. The normalized spacial score (nSPS) is 13.5. The predicted octanol–water partition coefficient (Wildman–Crippen LogP) is 2.86. The van der Waals surface area contributed by atoms with Gasteiger partial charge in [-0.15, -0.1) is 11.8 Å². The molecule has 0 aliphatic carbocycles. The van der Waals surface area contributed by atoms with Gasteiger partial charge in [-0.05, 0) is 30.3 Å². The van der Waals surface area contributed by atoms with Crippen LogP contribution in [0.5, 0.6) is 0 Å². The van der Waals surface area contributed by atoms with Crippen molar-refractivity contribution in [2.24, 2.45) is 0 Å². The highest BCUT2D eigenvalue weighted by molar-refractivity contribution is 8.00. The van der Waals surface area contributed by atoms with Gasteiger partial charge < -0.3 is 10.3 Å². The van der Waals surface area contributed by atoms with E-state index in [1.807, 2.05) is 30.3 Å². The number of carbonyl (C=O) groups is 2. The maximum Gasteiger partial charge on any atom is 0.258 e. The number of imidazole rings is 1. The van der Waals surface area contributed by atoms with Crippen molar-refractivity contribution in [3.05, 3.63) is 48.0 Å². The average molecular weight is 324 g/mol. The summed E-state index contributed by atoms with van der Waals surface area (Å²) in [6.07, 6.45) is 0. The van der Waals surface area contributed by atoms with Crippen LogP contribution in [0.1, 0.15) is 10.4 Å². The van der Waals surface area contributed by atoms with Gasteiger partial charge in [-0.3, -0.25) is 14.9 Å². The zero-order valence-corrected chi connectivity index (χ0v) is 12.7. The molecule has 23 heavy (non-hydrogen) atoms. The van der Waals surface area contributed by atoms with E-state index >= 15 is 0 Å². The van der Waals surface area contributed by atoms with E-state index in [0.29, 0.717) is 23.0 Å². The van der Waals surface area contributed by atoms with Crippen LogP contribution in [-0.2, 0) is 4.79 Å². The van der Waals surface area contributed by atoms with Crippen molar-refractivity contribution in [2.45, 2.75) is 4.90 Å². The van der Waals surface area contributed by atoms with Crippen LogP contribution in [0.4, 0.5) is 11.6 Å². The van der Waals surface area contributed by atoms with E-state index in [9.17, 15) is 9.59 Å². The second-order valence-electron chi connectivity index (χ2n) is 5.10. The van der Waals surface area contributed by atoms with Crippen molar-refractivity contribution >= 4 is 46.2 Å². The van der Waals surface area contributed by atoms with E-state index in [1.165, 1.54) is 11.8 Å². The predicted molar refractivity (Wildman–Crippen MR) is 89.8 cm³/mol. The van der Waals surface area contributed by atoms with Gasteiger partial charge in [0, 0.05) is 10.5 Å². The Morgan fingerprint density at radius 2 is 2.09 bits per heavy atom. The highest BCUT2D eigenvalue weighted by atomic mass is 32.2. The van der Waals surface area contributed by atoms with Gasteiger partial charge in [0.25, 0.3) is 5.91 Å². The molecule has 0 radical (unpaired) electrons. The van der Waals surface area contributed by atoms with Gasteiger partial charge in [-0.25, -0.2) is 4.98 Å². The molecule has 6 nitrogen and oxygen atoms in total. The maximum absolute atomic E-state index is 12.4.